The van der Waals surface area contributed by atoms with Crippen molar-refractivity contribution in [3.05, 3.63) is 23.9 Å². The monoisotopic (exact) mass is 249 g/mol. The zero-order valence-corrected chi connectivity index (χ0v) is 11.0. The van der Waals surface area contributed by atoms with Crippen LogP contribution in [-0.2, 0) is 0 Å². The minimum absolute atomic E-state index is 0.402. The van der Waals surface area contributed by atoms with E-state index in [1.807, 2.05) is 12.1 Å². The van der Waals surface area contributed by atoms with Gasteiger partial charge in [0.15, 0.2) is 0 Å². The fourth-order valence-corrected chi connectivity index (χ4v) is 2.67. The second kappa shape index (κ2) is 5.45. The Morgan fingerprint density at radius 3 is 2.88 bits per heavy atom. The average Bonchev–Trinajstić information content (AvgIpc) is 2.83. The quantitative estimate of drug-likeness (QED) is 0.806. The molecule has 0 saturated heterocycles. The second-order valence-corrected chi connectivity index (χ2v) is 5.18. The van der Waals surface area contributed by atoms with Crippen molar-refractivity contribution in [1.82, 2.24) is 4.98 Å². The van der Waals surface area contributed by atoms with Gasteiger partial charge in [0.2, 0.25) is 0 Å². The Hall–Kier alpha value is -1.16. The van der Waals surface area contributed by atoms with Crippen LogP contribution in [0.3, 0.4) is 0 Å². The third-order valence-corrected chi connectivity index (χ3v) is 3.76. The molecule has 1 heterocycles. The predicted molar refractivity (Wildman–Crippen MR) is 75.2 cm³/mol. The highest BCUT2D eigenvalue weighted by molar-refractivity contribution is 7.80. The average molecular weight is 249 g/mol. The van der Waals surface area contributed by atoms with Crippen LogP contribution in [0, 0.1) is 5.92 Å². The Kier molecular flexibility index (Phi) is 3.94. The van der Waals surface area contributed by atoms with Gasteiger partial charge < -0.3 is 11.1 Å². The summed E-state index contributed by atoms with van der Waals surface area (Å²) in [6.45, 7) is 2.22. The summed E-state index contributed by atoms with van der Waals surface area (Å²) in [4.78, 5) is 4.73. The highest BCUT2D eigenvalue weighted by Crippen LogP contribution is 2.29. The smallest absolute Gasteiger partial charge is 0.136 e. The van der Waals surface area contributed by atoms with E-state index < -0.39 is 0 Å². The van der Waals surface area contributed by atoms with E-state index >= 15 is 0 Å². The Bertz CT molecular complexity index is 399. The Balaban J connectivity index is 2.09. The molecule has 0 spiro atoms. The largest absolute Gasteiger partial charge is 0.389 e. The lowest BCUT2D eigenvalue weighted by Crippen LogP contribution is -2.26. The minimum atomic E-state index is 0.402. The molecule has 1 aliphatic carbocycles. The molecule has 0 aliphatic heterocycles. The van der Waals surface area contributed by atoms with Gasteiger partial charge in [0.05, 0.1) is 5.56 Å². The standard InChI is InChI=1S/C13H19N3S/c1-9(10-5-2-3-6-10)16-13-11(12(14)17)7-4-8-15-13/h4,7-10H,2-3,5-6H2,1H3,(H2,14,17)(H,15,16). The van der Waals surface area contributed by atoms with E-state index in [0.717, 1.165) is 17.3 Å². The van der Waals surface area contributed by atoms with Crippen LogP contribution >= 0.6 is 12.2 Å². The van der Waals surface area contributed by atoms with Crippen LogP contribution in [0.1, 0.15) is 38.2 Å². The Morgan fingerprint density at radius 2 is 2.24 bits per heavy atom. The number of pyridine rings is 1. The van der Waals surface area contributed by atoms with Gasteiger partial charge in [-0.1, -0.05) is 25.1 Å². The number of hydrogen-bond acceptors (Lipinski definition) is 3. The number of thiocarbonyl (C=S) groups is 1. The molecule has 1 aliphatic rings. The van der Waals surface area contributed by atoms with E-state index in [1.165, 1.54) is 25.7 Å². The van der Waals surface area contributed by atoms with Gasteiger partial charge in [-0.2, -0.15) is 0 Å². The third-order valence-electron chi connectivity index (χ3n) is 3.54. The van der Waals surface area contributed by atoms with Crippen LogP contribution in [0.2, 0.25) is 0 Å². The van der Waals surface area contributed by atoms with Crippen molar-refractivity contribution >= 4 is 23.0 Å². The molecule has 1 atom stereocenters. The van der Waals surface area contributed by atoms with E-state index in [2.05, 4.69) is 17.2 Å². The summed E-state index contributed by atoms with van der Waals surface area (Å²) in [7, 11) is 0. The summed E-state index contributed by atoms with van der Waals surface area (Å²) in [5.74, 6) is 1.57. The number of rotatable bonds is 4. The molecule has 92 valence electrons. The fraction of sp³-hybridized carbons (Fsp3) is 0.538. The van der Waals surface area contributed by atoms with Gasteiger partial charge in [0.25, 0.3) is 0 Å². The van der Waals surface area contributed by atoms with Gasteiger partial charge in [-0.25, -0.2) is 4.98 Å². The van der Waals surface area contributed by atoms with Gasteiger partial charge in [0, 0.05) is 12.2 Å². The molecule has 1 saturated carbocycles. The topological polar surface area (TPSA) is 50.9 Å². The first-order valence-electron chi connectivity index (χ1n) is 6.20. The number of aromatic nitrogens is 1. The van der Waals surface area contributed by atoms with Crippen molar-refractivity contribution in [3.63, 3.8) is 0 Å². The zero-order chi connectivity index (χ0) is 12.3. The number of anilines is 1. The van der Waals surface area contributed by atoms with Crippen molar-refractivity contribution < 1.29 is 0 Å². The summed E-state index contributed by atoms with van der Waals surface area (Å²) < 4.78 is 0. The number of nitrogens with two attached hydrogens (primary N) is 1. The molecule has 1 fully saturated rings. The molecule has 17 heavy (non-hydrogen) atoms. The van der Waals surface area contributed by atoms with Crippen molar-refractivity contribution in [3.8, 4) is 0 Å². The highest BCUT2D eigenvalue weighted by Gasteiger charge is 2.22. The first-order valence-corrected chi connectivity index (χ1v) is 6.60. The van der Waals surface area contributed by atoms with Crippen LogP contribution in [0.4, 0.5) is 5.82 Å². The van der Waals surface area contributed by atoms with Gasteiger partial charge in [-0.15, -0.1) is 0 Å². The summed E-state index contributed by atoms with van der Waals surface area (Å²) in [5.41, 5.74) is 6.54. The van der Waals surface area contributed by atoms with Crippen molar-refractivity contribution in [2.75, 3.05) is 5.32 Å². The molecule has 3 N–H and O–H groups in total. The molecule has 0 bridgehead atoms. The maximum Gasteiger partial charge on any atom is 0.136 e. The first kappa shape index (κ1) is 12.3. The van der Waals surface area contributed by atoms with Gasteiger partial charge in [-0.05, 0) is 37.8 Å². The van der Waals surface area contributed by atoms with E-state index in [-0.39, 0.29) is 0 Å². The van der Waals surface area contributed by atoms with Crippen LogP contribution in [0.5, 0.6) is 0 Å². The Morgan fingerprint density at radius 1 is 1.53 bits per heavy atom. The number of hydrogen-bond donors (Lipinski definition) is 2. The zero-order valence-electron chi connectivity index (χ0n) is 10.1. The molecule has 1 aromatic heterocycles. The molecule has 1 unspecified atom stereocenters. The lowest BCUT2D eigenvalue weighted by molar-refractivity contribution is 0.481. The predicted octanol–water partition coefficient (Wildman–Crippen LogP) is 2.71. The molecular weight excluding hydrogens is 230 g/mol. The SMILES string of the molecule is CC(Nc1ncccc1C(N)=S)C1CCCC1. The van der Waals surface area contributed by atoms with Gasteiger partial charge in [0.1, 0.15) is 10.8 Å². The normalized spacial score (nSPS) is 17.9. The van der Waals surface area contributed by atoms with Crippen LogP contribution in [-0.4, -0.2) is 16.0 Å². The fourth-order valence-electron chi connectivity index (χ4n) is 2.51. The third kappa shape index (κ3) is 2.94. The van der Waals surface area contributed by atoms with E-state index in [9.17, 15) is 0 Å². The van der Waals surface area contributed by atoms with Crippen molar-refractivity contribution in [1.29, 1.82) is 0 Å². The van der Waals surface area contributed by atoms with E-state index in [1.54, 1.807) is 6.20 Å². The summed E-state index contributed by atoms with van der Waals surface area (Å²) >= 11 is 5.03. The number of nitrogens with one attached hydrogen (secondary N) is 1. The van der Waals surface area contributed by atoms with Crippen LogP contribution in [0.25, 0.3) is 0 Å². The van der Waals surface area contributed by atoms with Gasteiger partial charge >= 0.3 is 0 Å². The minimum Gasteiger partial charge on any atom is -0.389 e. The van der Waals surface area contributed by atoms with Crippen LogP contribution in [0.15, 0.2) is 18.3 Å². The molecule has 1 aromatic rings. The first-order chi connectivity index (χ1) is 8.18. The van der Waals surface area contributed by atoms with E-state index in [4.69, 9.17) is 18.0 Å². The highest BCUT2D eigenvalue weighted by atomic mass is 32.1. The van der Waals surface area contributed by atoms with Crippen molar-refractivity contribution in [2.24, 2.45) is 11.7 Å². The summed E-state index contributed by atoms with van der Waals surface area (Å²) in [6.07, 6.45) is 7.08. The molecule has 3 nitrogen and oxygen atoms in total. The van der Waals surface area contributed by atoms with Gasteiger partial charge in [-0.3, -0.25) is 0 Å². The van der Waals surface area contributed by atoms with E-state index in [0.29, 0.717) is 11.0 Å². The summed E-state index contributed by atoms with van der Waals surface area (Å²) in [5, 5.41) is 3.46. The second-order valence-electron chi connectivity index (χ2n) is 4.74. The maximum atomic E-state index is 5.70. The molecule has 2 rings (SSSR count). The lowest BCUT2D eigenvalue weighted by atomic mass is 9.99. The molecule has 0 radical (unpaired) electrons. The molecular formula is C13H19N3S. The molecule has 0 amide bonds. The maximum absolute atomic E-state index is 5.70. The Labute approximate surface area is 108 Å². The molecule has 4 heteroatoms. The molecule has 0 aromatic carbocycles. The van der Waals surface area contributed by atoms with Crippen molar-refractivity contribution in [2.45, 2.75) is 38.6 Å². The number of nitrogens with zero attached hydrogens (tertiary/aromatic N) is 1. The lowest BCUT2D eigenvalue weighted by Gasteiger charge is -2.22. The van der Waals surface area contributed by atoms with Crippen LogP contribution < -0.4 is 11.1 Å². The summed E-state index contributed by atoms with van der Waals surface area (Å²) in [6, 6.07) is 4.21.